The summed E-state index contributed by atoms with van der Waals surface area (Å²) in [6.45, 7) is 0.574. The molecule has 0 saturated heterocycles. The van der Waals surface area contributed by atoms with E-state index in [9.17, 15) is 18.0 Å². The molecule has 6 heteroatoms. The molecule has 1 aromatic heterocycles. The molecule has 0 aliphatic carbocycles. The SMILES string of the molecule is Cc1ccc(-c2nc(=O)n(CC(F)(F)F)c3ccccc23)cc1. The van der Waals surface area contributed by atoms with Crippen LogP contribution in [-0.4, -0.2) is 15.7 Å². The highest BCUT2D eigenvalue weighted by Gasteiger charge is 2.29. The van der Waals surface area contributed by atoms with Crippen LogP contribution in [0.15, 0.2) is 53.3 Å². The Labute approximate surface area is 130 Å². The van der Waals surface area contributed by atoms with Gasteiger partial charge in [-0.2, -0.15) is 18.2 Å². The van der Waals surface area contributed by atoms with Gasteiger partial charge in [0.05, 0.1) is 11.2 Å². The van der Waals surface area contributed by atoms with Crippen molar-refractivity contribution in [3.05, 3.63) is 64.6 Å². The van der Waals surface area contributed by atoms with Crippen molar-refractivity contribution in [2.75, 3.05) is 0 Å². The number of para-hydroxylation sites is 1. The third-order valence-corrected chi connectivity index (χ3v) is 3.55. The van der Waals surface area contributed by atoms with E-state index in [1.165, 1.54) is 6.07 Å². The molecule has 0 radical (unpaired) electrons. The van der Waals surface area contributed by atoms with Crippen molar-refractivity contribution in [1.29, 1.82) is 0 Å². The quantitative estimate of drug-likeness (QED) is 0.717. The summed E-state index contributed by atoms with van der Waals surface area (Å²) in [6, 6.07) is 13.8. The van der Waals surface area contributed by atoms with Gasteiger partial charge in [-0.15, -0.1) is 0 Å². The van der Waals surface area contributed by atoms with Gasteiger partial charge >= 0.3 is 11.9 Å². The van der Waals surface area contributed by atoms with Crippen LogP contribution in [0.4, 0.5) is 13.2 Å². The van der Waals surface area contributed by atoms with Crippen molar-refractivity contribution < 1.29 is 13.2 Å². The molecule has 23 heavy (non-hydrogen) atoms. The lowest BCUT2D eigenvalue weighted by Crippen LogP contribution is -2.30. The number of alkyl halides is 3. The molecule has 1 heterocycles. The zero-order chi connectivity index (χ0) is 16.6. The van der Waals surface area contributed by atoms with Gasteiger partial charge in [-0.25, -0.2) is 4.79 Å². The Balaban J connectivity index is 2.28. The van der Waals surface area contributed by atoms with E-state index in [1.807, 2.05) is 19.1 Å². The molecule has 2 aromatic carbocycles. The van der Waals surface area contributed by atoms with Crippen molar-refractivity contribution in [1.82, 2.24) is 9.55 Å². The molecule has 118 valence electrons. The van der Waals surface area contributed by atoms with Crippen molar-refractivity contribution in [3.8, 4) is 11.3 Å². The number of rotatable bonds is 2. The maximum Gasteiger partial charge on any atom is 0.406 e. The average molecular weight is 318 g/mol. The average Bonchev–Trinajstić information content (AvgIpc) is 2.50. The van der Waals surface area contributed by atoms with Crippen LogP contribution in [-0.2, 0) is 6.54 Å². The molecule has 0 N–H and O–H groups in total. The van der Waals surface area contributed by atoms with Crippen molar-refractivity contribution >= 4 is 10.9 Å². The van der Waals surface area contributed by atoms with Crippen molar-refractivity contribution in [2.24, 2.45) is 0 Å². The molecule has 0 atom stereocenters. The molecule has 0 fully saturated rings. The van der Waals surface area contributed by atoms with Crippen molar-refractivity contribution in [3.63, 3.8) is 0 Å². The monoisotopic (exact) mass is 318 g/mol. The fraction of sp³-hybridized carbons (Fsp3) is 0.176. The second kappa shape index (κ2) is 5.53. The fourth-order valence-electron chi connectivity index (χ4n) is 2.49. The lowest BCUT2D eigenvalue weighted by atomic mass is 10.0. The molecule has 0 unspecified atom stereocenters. The predicted molar refractivity (Wildman–Crippen MR) is 82.2 cm³/mol. The summed E-state index contributed by atoms with van der Waals surface area (Å²) in [7, 11) is 0. The third-order valence-electron chi connectivity index (χ3n) is 3.55. The number of aromatic nitrogens is 2. The molecular weight excluding hydrogens is 305 g/mol. The molecule has 3 rings (SSSR count). The molecule has 3 nitrogen and oxygen atoms in total. The first-order chi connectivity index (χ1) is 10.8. The normalized spacial score (nSPS) is 11.8. The third kappa shape index (κ3) is 3.11. The summed E-state index contributed by atoms with van der Waals surface area (Å²) in [6.07, 6.45) is -4.49. The standard InChI is InChI=1S/C17H13F3N2O/c1-11-6-8-12(9-7-11)15-13-4-2-3-5-14(13)22(16(23)21-15)10-17(18,19)20/h2-9H,10H2,1H3. The number of nitrogens with zero attached hydrogens (tertiary/aromatic N) is 2. The summed E-state index contributed by atoms with van der Waals surface area (Å²) < 4.78 is 38.8. The van der Waals surface area contributed by atoms with Crippen LogP contribution in [0.25, 0.3) is 22.2 Å². The minimum Gasteiger partial charge on any atom is -0.283 e. The van der Waals surface area contributed by atoms with Crippen LogP contribution in [0.3, 0.4) is 0 Å². The first-order valence-electron chi connectivity index (χ1n) is 6.98. The van der Waals surface area contributed by atoms with E-state index >= 15 is 0 Å². The summed E-state index contributed by atoms with van der Waals surface area (Å²) in [5.74, 6) is 0. The Hall–Kier alpha value is -2.63. The van der Waals surface area contributed by atoms with Crippen molar-refractivity contribution in [2.45, 2.75) is 19.6 Å². The summed E-state index contributed by atoms with van der Waals surface area (Å²) in [4.78, 5) is 16.0. The largest absolute Gasteiger partial charge is 0.406 e. The van der Waals surface area contributed by atoms with Gasteiger partial charge in [0, 0.05) is 10.9 Å². The van der Waals surface area contributed by atoms with E-state index in [0.29, 0.717) is 21.2 Å². The van der Waals surface area contributed by atoms with E-state index in [-0.39, 0.29) is 5.52 Å². The smallest absolute Gasteiger partial charge is 0.283 e. The van der Waals surface area contributed by atoms with Crippen LogP contribution in [0.2, 0.25) is 0 Å². The molecule has 0 aliphatic heterocycles. The highest BCUT2D eigenvalue weighted by Crippen LogP contribution is 2.27. The van der Waals surface area contributed by atoms with E-state index in [4.69, 9.17) is 0 Å². The number of aryl methyl sites for hydroxylation is 1. The lowest BCUT2D eigenvalue weighted by molar-refractivity contribution is -0.140. The fourth-order valence-corrected chi connectivity index (χ4v) is 2.49. The minimum absolute atomic E-state index is 0.223. The highest BCUT2D eigenvalue weighted by atomic mass is 19.4. The van der Waals surface area contributed by atoms with Gasteiger partial charge in [-0.05, 0) is 13.0 Å². The Kier molecular flexibility index (Phi) is 3.67. The molecule has 0 amide bonds. The number of hydrogen-bond acceptors (Lipinski definition) is 2. The minimum atomic E-state index is -4.49. The Morgan fingerprint density at radius 3 is 2.35 bits per heavy atom. The molecule has 0 saturated carbocycles. The Bertz CT molecular complexity index is 912. The first-order valence-corrected chi connectivity index (χ1v) is 6.98. The van der Waals surface area contributed by atoms with Crippen LogP contribution in [0, 0.1) is 6.92 Å². The topological polar surface area (TPSA) is 34.9 Å². The molecule has 3 aromatic rings. The van der Waals surface area contributed by atoms with Gasteiger partial charge in [0.2, 0.25) is 0 Å². The molecule has 0 aliphatic rings. The van der Waals surface area contributed by atoms with Gasteiger partial charge in [0.15, 0.2) is 0 Å². The summed E-state index contributed by atoms with van der Waals surface area (Å²) in [5.41, 5.74) is 1.45. The zero-order valence-electron chi connectivity index (χ0n) is 12.3. The molecule has 0 spiro atoms. The number of fused-ring (bicyclic) bond motifs is 1. The second-order valence-corrected chi connectivity index (χ2v) is 5.33. The van der Waals surface area contributed by atoms with E-state index in [0.717, 1.165) is 5.56 Å². The van der Waals surface area contributed by atoms with Gasteiger partial charge in [0.1, 0.15) is 6.54 Å². The van der Waals surface area contributed by atoms with Gasteiger partial charge < -0.3 is 0 Å². The maximum absolute atomic E-state index is 12.7. The number of halogens is 3. The second-order valence-electron chi connectivity index (χ2n) is 5.33. The lowest BCUT2D eigenvalue weighted by Gasteiger charge is -2.14. The van der Waals surface area contributed by atoms with Crippen LogP contribution >= 0.6 is 0 Å². The summed E-state index contributed by atoms with van der Waals surface area (Å²) >= 11 is 0. The van der Waals surface area contributed by atoms with E-state index in [1.54, 1.807) is 30.3 Å². The molecule has 0 bridgehead atoms. The molecular formula is C17H13F3N2O. The van der Waals surface area contributed by atoms with Crippen LogP contribution in [0.5, 0.6) is 0 Å². The predicted octanol–water partition coefficient (Wildman–Crippen LogP) is 3.93. The van der Waals surface area contributed by atoms with Gasteiger partial charge in [0.25, 0.3) is 0 Å². The maximum atomic E-state index is 12.7. The van der Waals surface area contributed by atoms with Crippen LogP contribution < -0.4 is 5.69 Å². The van der Waals surface area contributed by atoms with Crippen LogP contribution in [0.1, 0.15) is 5.56 Å². The summed E-state index contributed by atoms with van der Waals surface area (Å²) in [5, 5.41) is 0.514. The highest BCUT2D eigenvalue weighted by molar-refractivity contribution is 5.92. The van der Waals surface area contributed by atoms with E-state index < -0.39 is 18.4 Å². The number of hydrogen-bond donors (Lipinski definition) is 0. The Morgan fingerprint density at radius 2 is 1.70 bits per heavy atom. The number of benzene rings is 2. The van der Waals surface area contributed by atoms with E-state index in [2.05, 4.69) is 4.98 Å². The Morgan fingerprint density at radius 1 is 1.04 bits per heavy atom. The van der Waals surface area contributed by atoms with Gasteiger partial charge in [-0.1, -0.05) is 48.0 Å². The van der Waals surface area contributed by atoms with Gasteiger partial charge in [-0.3, -0.25) is 4.57 Å². The first kappa shape index (κ1) is 15.3. The zero-order valence-corrected chi connectivity index (χ0v) is 12.3.